The maximum Gasteiger partial charge on any atom is 0.337 e. The first-order valence-corrected chi connectivity index (χ1v) is 7.78. The van der Waals surface area contributed by atoms with E-state index in [1.54, 1.807) is 0 Å². The van der Waals surface area contributed by atoms with Crippen LogP contribution in [0.3, 0.4) is 0 Å². The number of rotatable bonds is 3. The van der Waals surface area contributed by atoms with Crippen molar-refractivity contribution in [2.24, 2.45) is 0 Å². The Hall–Kier alpha value is -2.29. The molecule has 0 saturated heterocycles. The van der Waals surface area contributed by atoms with Gasteiger partial charge in [0.2, 0.25) is 0 Å². The molecule has 114 valence electrons. The molecule has 0 radical (unpaired) electrons. The lowest BCUT2D eigenvalue weighted by Crippen LogP contribution is -2.23. The molecule has 3 heteroatoms. The Morgan fingerprint density at radius 2 is 1.86 bits per heavy atom. The van der Waals surface area contributed by atoms with Crippen LogP contribution in [0, 0.1) is 0 Å². The highest BCUT2D eigenvalue weighted by Crippen LogP contribution is 2.27. The largest absolute Gasteiger partial charge is 0.465 e. The van der Waals surface area contributed by atoms with Gasteiger partial charge in [-0.05, 0) is 48.6 Å². The van der Waals surface area contributed by atoms with Gasteiger partial charge in [0.25, 0.3) is 0 Å². The third-order valence-electron chi connectivity index (χ3n) is 4.20. The fourth-order valence-electron chi connectivity index (χ4n) is 3.02. The minimum absolute atomic E-state index is 0.285. The molecule has 1 heterocycles. The smallest absolute Gasteiger partial charge is 0.337 e. The van der Waals surface area contributed by atoms with E-state index in [0.717, 1.165) is 19.5 Å². The molecule has 0 spiro atoms. The Kier molecular flexibility index (Phi) is 4.42. The zero-order valence-electron chi connectivity index (χ0n) is 12.9. The van der Waals surface area contributed by atoms with Gasteiger partial charge in [0.05, 0.1) is 12.7 Å². The predicted molar refractivity (Wildman–Crippen MR) is 88.2 cm³/mol. The molecule has 3 nitrogen and oxygen atoms in total. The number of ether oxygens (including phenoxy) is 1. The molecule has 0 saturated carbocycles. The predicted octanol–water partition coefficient (Wildman–Crippen LogP) is 3.82. The van der Waals surface area contributed by atoms with E-state index < -0.39 is 0 Å². The summed E-state index contributed by atoms with van der Waals surface area (Å²) in [7, 11) is 1.41. The van der Waals surface area contributed by atoms with Crippen LogP contribution >= 0.6 is 0 Å². The van der Waals surface area contributed by atoms with Gasteiger partial charge in [-0.2, -0.15) is 0 Å². The lowest BCUT2D eigenvalue weighted by atomic mass is 10.1. The number of benzene rings is 2. The van der Waals surface area contributed by atoms with Gasteiger partial charge in [-0.25, -0.2) is 4.79 Å². The molecular formula is C19H21NO2. The number of nitrogens with zero attached hydrogens (tertiary/aromatic N) is 1. The van der Waals surface area contributed by atoms with Gasteiger partial charge in [-0.3, -0.25) is 0 Å². The van der Waals surface area contributed by atoms with Gasteiger partial charge in [0.1, 0.15) is 0 Å². The molecule has 0 fully saturated rings. The number of fused-ring (bicyclic) bond motifs is 1. The molecule has 0 amide bonds. The molecular weight excluding hydrogens is 274 g/mol. The Morgan fingerprint density at radius 3 is 2.64 bits per heavy atom. The standard InChI is InChI=1S/C19H21NO2/c1-22-19(21)17-11-9-15(10-12-17)14-20-13-5-4-7-16-6-2-3-8-18(16)20/h2-3,6,8-12H,4-5,7,13-14H2,1H3. The number of hydrogen-bond acceptors (Lipinski definition) is 3. The van der Waals surface area contributed by atoms with E-state index in [2.05, 4.69) is 29.2 Å². The van der Waals surface area contributed by atoms with E-state index in [1.807, 2.05) is 24.3 Å². The van der Waals surface area contributed by atoms with Crippen LogP contribution in [0.2, 0.25) is 0 Å². The second-order valence-electron chi connectivity index (χ2n) is 5.70. The molecule has 0 N–H and O–H groups in total. The number of aryl methyl sites for hydroxylation is 1. The summed E-state index contributed by atoms with van der Waals surface area (Å²) in [6.07, 6.45) is 3.62. The average molecular weight is 295 g/mol. The number of para-hydroxylation sites is 1. The number of anilines is 1. The zero-order valence-corrected chi connectivity index (χ0v) is 12.9. The minimum Gasteiger partial charge on any atom is -0.465 e. The maximum absolute atomic E-state index is 11.5. The lowest BCUT2D eigenvalue weighted by Gasteiger charge is -2.25. The van der Waals surface area contributed by atoms with Crippen LogP contribution in [0.5, 0.6) is 0 Å². The zero-order chi connectivity index (χ0) is 15.4. The topological polar surface area (TPSA) is 29.5 Å². The van der Waals surface area contributed by atoms with Gasteiger partial charge in [0.15, 0.2) is 0 Å². The highest BCUT2D eigenvalue weighted by Gasteiger charge is 2.15. The Morgan fingerprint density at radius 1 is 1.09 bits per heavy atom. The molecule has 0 bridgehead atoms. The van der Waals surface area contributed by atoms with Crippen molar-refractivity contribution < 1.29 is 9.53 Å². The van der Waals surface area contributed by atoms with Crippen molar-refractivity contribution in [3.05, 3.63) is 65.2 Å². The van der Waals surface area contributed by atoms with E-state index in [1.165, 1.54) is 36.8 Å². The van der Waals surface area contributed by atoms with Crippen LogP contribution in [0.1, 0.15) is 34.3 Å². The van der Waals surface area contributed by atoms with Crippen molar-refractivity contribution in [3.8, 4) is 0 Å². The monoisotopic (exact) mass is 295 g/mol. The molecule has 0 aromatic heterocycles. The SMILES string of the molecule is COC(=O)c1ccc(CN2CCCCc3ccccc32)cc1. The van der Waals surface area contributed by atoms with E-state index in [9.17, 15) is 4.79 Å². The summed E-state index contributed by atoms with van der Waals surface area (Å²) >= 11 is 0. The number of carbonyl (C=O) groups is 1. The minimum atomic E-state index is -0.285. The van der Waals surface area contributed by atoms with Crippen molar-refractivity contribution in [1.82, 2.24) is 0 Å². The summed E-state index contributed by atoms with van der Waals surface area (Å²) < 4.78 is 4.74. The third kappa shape index (κ3) is 3.14. The van der Waals surface area contributed by atoms with Crippen LogP contribution < -0.4 is 4.90 Å². The summed E-state index contributed by atoms with van der Waals surface area (Å²) in [6.45, 7) is 1.95. The highest BCUT2D eigenvalue weighted by molar-refractivity contribution is 5.89. The van der Waals surface area contributed by atoms with E-state index in [-0.39, 0.29) is 5.97 Å². The first kappa shape index (κ1) is 14.6. The number of esters is 1. The van der Waals surface area contributed by atoms with Crippen molar-refractivity contribution in [2.45, 2.75) is 25.8 Å². The quantitative estimate of drug-likeness (QED) is 0.806. The Labute approximate surface area is 131 Å². The molecule has 2 aromatic carbocycles. The van der Waals surface area contributed by atoms with Gasteiger partial charge < -0.3 is 9.64 Å². The van der Waals surface area contributed by atoms with Crippen LogP contribution in [0.4, 0.5) is 5.69 Å². The molecule has 0 atom stereocenters. The van der Waals surface area contributed by atoms with Gasteiger partial charge in [0, 0.05) is 18.8 Å². The van der Waals surface area contributed by atoms with Crippen LogP contribution in [-0.4, -0.2) is 19.6 Å². The number of hydrogen-bond donors (Lipinski definition) is 0. The van der Waals surface area contributed by atoms with E-state index >= 15 is 0 Å². The number of carbonyl (C=O) groups excluding carboxylic acids is 1. The first-order chi connectivity index (χ1) is 10.8. The average Bonchev–Trinajstić information content (AvgIpc) is 2.77. The highest BCUT2D eigenvalue weighted by atomic mass is 16.5. The normalized spacial score (nSPS) is 14.1. The van der Waals surface area contributed by atoms with Gasteiger partial charge in [-0.1, -0.05) is 30.3 Å². The summed E-state index contributed by atoms with van der Waals surface area (Å²) in [5.41, 5.74) is 4.59. The Balaban J connectivity index is 1.79. The van der Waals surface area contributed by atoms with Gasteiger partial charge >= 0.3 is 5.97 Å². The molecule has 2 aromatic rings. The summed E-state index contributed by atoms with van der Waals surface area (Å²) in [4.78, 5) is 13.9. The van der Waals surface area contributed by atoms with Crippen LogP contribution in [0.15, 0.2) is 48.5 Å². The van der Waals surface area contributed by atoms with Crippen LogP contribution in [0.25, 0.3) is 0 Å². The van der Waals surface area contributed by atoms with Crippen molar-refractivity contribution in [1.29, 1.82) is 0 Å². The maximum atomic E-state index is 11.5. The molecule has 0 aliphatic carbocycles. The fourth-order valence-corrected chi connectivity index (χ4v) is 3.02. The first-order valence-electron chi connectivity index (χ1n) is 7.78. The van der Waals surface area contributed by atoms with Gasteiger partial charge in [-0.15, -0.1) is 0 Å². The molecule has 0 unspecified atom stereocenters. The third-order valence-corrected chi connectivity index (χ3v) is 4.20. The van der Waals surface area contributed by atoms with Crippen LogP contribution in [-0.2, 0) is 17.7 Å². The van der Waals surface area contributed by atoms with Crippen molar-refractivity contribution in [2.75, 3.05) is 18.6 Å². The molecule has 3 rings (SSSR count). The summed E-state index contributed by atoms with van der Waals surface area (Å²) in [6, 6.07) is 16.4. The van der Waals surface area contributed by atoms with E-state index in [0.29, 0.717) is 5.56 Å². The molecule has 1 aliphatic heterocycles. The second kappa shape index (κ2) is 6.65. The molecule has 1 aliphatic rings. The lowest BCUT2D eigenvalue weighted by molar-refractivity contribution is 0.0600. The molecule has 22 heavy (non-hydrogen) atoms. The number of methoxy groups -OCH3 is 1. The van der Waals surface area contributed by atoms with E-state index in [4.69, 9.17) is 4.74 Å². The van der Waals surface area contributed by atoms with Crippen molar-refractivity contribution in [3.63, 3.8) is 0 Å². The Bertz CT molecular complexity index is 649. The second-order valence-corrected chi connectivity index (χ2v) is 5.70. The summed E-state index contributed by atoms with van der Waals surface area (Å²) in [5, 5.41) is 0. The van der Waals surface area contributed by atoms with Crippen molar-refractivity contribution >= 4 is 11.7 Å². The fraction of sp³-hybridized carbons (Fsp3) is 0.316. The summed E-state index contributed by atoms with van der Waals surface area (Å²) in [5.74, 6) is -0.285.